The largest absolute Gasteiger partial charge is 0.505 e. The van der Waals surface area contributed by atoms with Gasteiger partial charge < -0.3 is 20.4 Å². The molecule has 0 saturated carbocycles. The first-order valence-electron chi connectivity index (χ1n) is 9.37. The number of pyridine rings is 1. The number of phenolic OH excluding ortho intramolecular Hbond substituents is 4. The Morgan fingerprint density at radius 2 is 1.35 bits per heavy atom. The Balaban J connectivity index is 1.73. The lowest BCUT2D eigenvalue weighted by atomic mass is 9.88. The summed E-state index contributed by atoms with van der Waals surface area (Å²) in [6.07, 6.45) is 1.47. The van der Waals surface area contributed by atoms with E-state index in [0.717, 1.165) is 21.2 Å². The summed E-state index contributed by atoms with van der Waals surface area (Å²) in [4.78, 5) is 4.44. The van der Waals surface area contributed by atoms with Gasteiger partial charge in [-0.15, -0.1) is 0 Å². The fourth-order valence-corrected chi connectivity index (χ4v) is 3.98. The molecule has 3 aromatic carbocycles. The van der Waals surface area contributed by atoms with Crippen LogP contribution in [-0.2, 0) is 0 Å². The third-order valence-electron chi connectivity index (χ3n) is 5.18. The van der Waals surface area contributed by atoms with Crippen molar-refractivity contribution in [2.75, 3.05) is 0 Å². The molecule has 0 aliphatic heterocycles. The molecule has 4 aromatic rings. The Morgan fingerprint density at radius 3 is 1.94 bits per heavy atom. The van der Waals surface area contributed by atoms with Gasteiger partial charge in [-0.1, -0.05) is 58.4 Å². The standard InChI is InChI=1S/C24H17BBrNO4/c1-12-10-18(14-8-6-13(7-9-14)15-4-2-3-5-17(15)26)27-11-16(12)19-21(28)23(30)20(25)24(31)22(19)29/h2-11,28-31H,1H3. The Kier molecular flexibility index (Phi) is 5.37. The maximum Gasteiger partial charge on any atom is 0.168 e. The van der Waals surface area contributed by atoms with Gasteiger partial charge in [-0.3, -0.25) is 4.98 Å². The molecule has 7 heteroatoms. The second-order valence-corrected chi connectivity index (χ2v) is 7.98. The highest BCUT2D eigenvalue weighted by atomic mass is 79.9. The quantitative estimate of drug-likeness (QED) is 0.195. The number of aromatic hydroxyl groups is 4. The van der Waals surface area contributed by atoms with Gasteiger partial charge in [0.25, 0.3) is 0 Å². The highest BCUT2D eigenvalue weighted by Crippen LogP contribution is 2.47. The number of rotatable bonds is 3. The van der Waals surface area contributed by atoms with Crippen molar-refractivity contribution in [2.24, 2.45) is 0 Å². The molecule has 2 radical (unpaired) electrons. The molecule has 4 N–H and O–H groups in total. The molecule has 31 heavy (non-hydrogen) atoms. The predicted octanol–water partition coefficient (Wildman–Crippen LogP) is 4.77. The van der Waals surface area contributed by atoms with E-state index in [4.69, 9.17) is 7.85 Å². The lowest BCUT2D eigenvalue weighted by molar-refractivity contribution is 0.380. The van der Waals surface area contributed by atoms with E-state index in [-0.39, 0.29) is 5.56 Å². The number of halogens is 1. The molecule has 0 atom stereocenters. The third kappa shape index (κ3) is 3.61. The fourth-order valence-electron chi connectivity index (χ4n) is 3.46. The zero-order valence-corrected chi connectivity index (χ0v) is 18.1. The third-order valence-corrected chi connectivity index (χ3v) is 5.87. The maximum atomic E-state index is 10.3. The average Bonchev–Trinajstić information content (AvgIpc) is 2.78. The summed E-state index contributed by atoms with van der Waals surface area (Å²) in [6, 6.07) is 17.7. The second kappa shape index (κ2) is 8.00. The van der Waals surface area contributed by atoms with Gasteiger partial charge in [-0.25, -0.2) is 0 Å². The number of phenols is 4. The van der Waals surface area contributed by atoms with Crippen LogP contribution < -0.4 is 5.46 Å². The number of hydrogen-bond donors (Lipinski definition) is 4. The van der Waals surface area contributed by atoms with Crippen LogP contribution in [0.1, 0.15) is 5.56 Å². The Hall–Kier alpha value is -3.45. The van der Waals surface area contributed by atoms with E-state index in [1.165, 1.54) is 6.20 Å². The van der Waals surface area contributed by atoms with E-state index in [2.05, 4.69) is 20.9 Å². The topological polar surface area (TPSA) is 93.8 Å². The number of aromatic nitrogens is 1. The van der Waals surface area contributed by atoms with Gasteiger partial charge in [0, 0.05) is 21.8 Å². The molecule has 1 aromatic heterocycles. The monoisotopic (exact) mass is 473 g/mol. The summed E-state index contributed by atoms with van der Waals surface area (Å²) in [5.41, 5.74) is 4.14. The van der Waals surface area contributed by atoms with Gasteiger partial charge in [0.15, 0.2) is 23.0 Å². The first-order valence-corrected chi connectivity index (χ1v) is 10.2. The van der Waals surface area contributed by atoms with E-state index in [9.17, 15) is 20.4 Å². The molecule has 1 heterocycles. The summed E-state index contributed by atoms with van der Waals surface area (Å²) >= 11 is 3.57. The molecule has 4 rings (SSSR count). The summed E-state index contributed by atoms with van der Waals surface area (Å²) in [5.74, 6) is -2.64. The van der Waals surface area contributed by atoms with Crippen LogP contribution in [0.25, 0.3) is 33.5 Å². The molecule has 0 bridgehead atoms. The van der Waals surface area contributed by atoms with Crippen LogP contribution in [-0.4, -0.2) is 33.3 Å². The fraction of sp³-hybridized carbons (Fsp3) is 0.0417. The van der Waals surface area contributed by atoms with Crippen LogP contribution in [0.5, 0.6) is 23.0 Å². The number of aryl methyl sites for hydroxylation is 1. The van der Waals surface area contributed by atoms with Crippen molar-refractivity contribution in [2.45, 2.75) is 6.92 Å². The van der Waals surface area contributed by atoms with Crippen LogP contribution in [0.2, 0.25) is 0 Å². The molecule has 0 amide bonds. The number of nitrogens with zero attached hydrogens (tertiary/aromatic N) is 1. The zero-order valence-electron chi connectivity index (χ0n) is 16.5. The first kappa shape index (κ1) is 20.8. The van der Waals surface area contributed by atoms with Crippen LogP contribution in [0.4, 0.5) is 0 Å². The molecular formula is C24H17BBrNO4. The summed E-state index contributed by atoms with van der Waals surface area (Å²) in [5, 5.41) is 40.4. The summed E-state index contributed by atoms with van der Waals surface area (Å²) < 4.78 is 1.01. The smallest absolute Gasteiger partial charge is 0.168 e. The molecular weight excluding hydrogens is 457 g/mol. The molecule has 0 fully saturated rings. The van der Waals surface area contributed by atoms with E-state index in [1.54, 1.807) is 13.0 Å². The van der Waals surface area contributed by atoms with Crippen molar-refractivity contribution in [3.63, 3.8) is 0 Å². The van der Waals surface area contributed by atoms with Crippen LogP contribution >= 0.6 is 15.9 Å². The second-order valence-electron chi connectivity index (χ2n) is 7.12. The first-order chi connectivity index (χ1) is 14.8. The Bertz CT molecular complexity index is 1280. The molecule has 5 nitrogen and oxygen atoms in total. The highest BCUT2D eigenvalue weighted by Gasteiger charge is 2.23. The molecule has 152 valence electrons. The lowest BCUT2D eigenvalue weighted by Gasteiger charge is -2.16. The minimum Gasteiger partial charge on any atom is -0.505 e. The number of benzene rings is 3. The van der Waals surface area contributed by atoms with Crippen molar-refractivity contribution in [3.05, 3.63) is 70.8 Å². The molecule has 0 aliphatic carbocycles. The molecule has 0 aliphatic rings. The van der Waals surface area contributed by atoms with Gasteiger partial charge in [-0.2, -0.15) is 0 Å². The highest BCUT2D eigenvalue weighted by molar-refractivity contribution is 9.10. The van der Waals surface area contributed by atoms with Gasteiger partial charge in [0.05, 0.1) is 11.3 Å². The Labute approximate surface area is 188 Å². The lowest BCUT2D eigenvalue weighted by Crippen LogP contribution is -2.05. The van der Waals surface area contributed by atoms with E-state index in [1.807, 2.05) is 48.5 Å². The van der Waals surface area contributed by atoms with Crippen LogP contribution in [0.15, 0.2) is 65.3 Å². The minimum atomic E-state index is -0.698. The minimum absolute atomic E-state index is 0.134. The Morgan fingerprint density at radius 1 is 0.774 bits per heavy atom. The SMILES string of the molecule is [B]c1c(O)c(O)c(-c2cnc(-c3ccc(-c4ccccc4Br)cc3)cc2C)c(O)c1O. The van der Waals surface area contributed by atoms with E-state index < -0.39 is 28.5 Å². The van der Waals surface area contributed by atoms with Gasteiger partial charge in [0.1, 0.15) is 7.85 Å². The molecule has 0 spiro atoms. The van der Waals surface area contributed by atoms with Crippen LogP contribution in [0, 0.1) is 6.92 Å². The maximum absolute atomic E-state index is 10.3. The van der Waals surface area contributed by atoms with Crippen molar-refractivity contribution in [1.29, 1.82) is 0 Å². The predicted molar refractivity (Wildman–Crippen MR) is 125 cm³/mol. The normalized spacial score (nSPS) is 10.9. The number of hydrogen-bond acceptors (Lipinski definition) is 5. The van der Waals surface area contributed by atoms with Gasteiger partial charge >= 0.3 is 0 Å². The molecule has 0 saturated heterocycles. The zero-order chi connectivity index (χ0) is 22.3. The van der Waals surface area contributed by atoms with Crippen molar-refractivity contribution >= 4 is 29.2 Å². The summed E-state index contributed by atoms with van der Waals surface area (Å²) in [7, 11) is 5.49. The van der Waals surface area contributed by atoms with E-state index in [0.29, 0.717) is 16.8 Å². The summed E-state index contributed by atoms with van der Waals surface area (Å²) in [6.45, 7) is 1.78. The van der Waals surface area contributed by atoms with E-state index >= 15 is 0 Å². The molecule has 0 unspecified atom stereocenters. The van der Waals surface area contributed by atoms with Crippen molar-refractivity contribution in [1.82, 2.24) is 4.98 Å². The van der Waals surface area contributed by atoms with Gasteiger partial charge in [0.2, 0.25) is 0 Å². The average molecular weight is 474 g/mol. The van der Waals surface area contributed by atoms with Gasteiger partial charge in [-0.05, 0) is 41.2 Å². The van der Waals surface area contributed by atoms with Crippen molar-refractivity contribution in [3.8, 4) is 56.5 Å². The van der Waals surface area contributed by atoms with Crippen LogP contribution in [0.3, 0.4) is 0 Å². The van der Waals surface area contributed by atoms with Crippen molar-refractivity contribution < 1.29 is 20.4 Å².